The SMILES string of the molecule is CCOCCc1cc(Cl)cc2sc(C)nc12. The standard InChI is InChI=1S/C12H14ClNOS/c1-3-15-5-4-9-6-10(13)7-11-12(9)14-8(2)16-11/h6-7H,3-5H2,1-2H3. The van der Waals surface area contributed by atoms with Crippen molar-refractivity contribution >= 4 is 33.2 Å². The van der Waals surface area contributed by atoms with Crippen molar-refractivity contribution in [1.29, 1.82) is 0 Å². The number of halogens is 1. The van der Waals surface area contributed by atoms with Crippen LogP contribution in [0.1, 0.15) is 17.5 Å². The van der Waals surface area contributed by atoms with Crippen molar-refractivity contribution in [1.82, 2.24) is 4.98 Å². The van der Waals surface area contributed by atoms with Gasteiger partial charge in [0.1, 0.15) is 0 Å². The van der Waals surface area contributed by atoms with Gasteiger partial charge >= 0.3 is 0 Å². The minimum Gasteiger partial charge on any atom is -0.381 e. The normalized spacial score (nSPS) is 11.2. The summed E-state index contributed by atoms with van der Waals surface area (Å²) in [5, 5.41) is 1.86. The van der Waals surface area contributed by atoms with Crippen LogP contribution in [0.15, 0.2) is 12.1 Å². The Balaban J connectivity index is 2.34. The summed E-state index contributed by atoms with van der Waals surface area (Å²) in [4.78, 5) is 4.54. The predicted molar refractivity (Wildman–Crippen MR) is 69.6 cm³/mol. The van der Waals surface area contributed by atoms with Crippen LogP contribution in [0.4, 0.5) is 0 Å². The molecular weight excluding hydrogens is 242 g/mol. The van der Waals surface area contributed by atoms with E-state index in [9.17, 15) is 0 Å². The summed E-state index contributed by atoms with van der Waals surface area (Å²) in [5.74, 6) is 0. The molecule has 0 amide bonds. The minimum absolute atomic E-state index is 0.725. The van der Waals surface area contributed by atoms with Gasteiger partial charge in [-0.15, -0.1) is 11.3 Å². The van der Waals surface area contributed by atoms with E-state index in [-0.39, 0.29) is 0 Å². The van der Waals surface area contributed by atoms with Crippen molar-refractivity contribution in [3.8, 4) is 0 Å². The van der Waals surface area contributed by atoms with E-state index in [0.29, 0.717) is 0 Å². The van der Waals surface area contributed by atoms with Gasteiger partial charge in [0.25, 0.3) is 0 Å². The fourth-order valence-corrected chi connectivity index (χ4v) is 2.91. The quantitative estimate of drug-likeness (QED) is 0.775. The van der Waals surface area contributed by atoms with Crippen LogP contribution in [0.2, 0.25) is 5.02 Å². The highest BCUT2D eigenvalue weighted by Crippen LogP contribution is 2.28. The van der Waals surface area contributed by atoms with Crippen LogP contribution in [0.3, 0.4) is 0 Å². The van der Waals surface area contributed by atoms with Crippen molar-refractivity contribution in [2.75, 3.05) is 13.2 Å². The second kappa shape index (κ2) is 5.13. The molecule has 0 saturated heterocycles. The largest absolute Gasteiger partial charge is 0.381 e. The first-order valence-corrected chi connectivity index (χ1v) is 6.53. The number of fused-ring (bicyclic) bond motifs is 1. The predicted octanol–water partition coefficient (Wildman–Crippen LogP) is 3.84. The van der Waals surface area contributed by atoms with Gasteiger partial charge in [0.05, 0.1) is 21.8 Å². The topological polar surface area (TPSA) is 22.1 Å². The zero-order valence-corrected chi connectivity index (χ0v) is 11.0. The van der Waals surface area contributed by atoms with E-state index in [4.69, 9.17) is 16.3 Å². The summed E-state index contributed by atoms with van der Waals surface area (Å²) in [6, 6.07) is 3.97. The molecule has 0 bridgehead atoms. The Morgan fingerprint density at radius 2 is 2.25 bits per heavy atom. The Labute approximate surface area is 104 Å². The number of thiazole rings is 1. The maximum atomic E-state index is 6.08. The Hall–Kier alpha value is -0.640. The molecule has 1 aromatic heterocycles. The van der Waals surface area contributed by atoms with Gasteiger partial charge in [-0.2, -0.15) is 0 Å². The molecule has 86 valence electrons. The molecule has 0 unspecified atom stereocenters. The number of hydrogen-bond donors (Lipinski definition) is 0. The first-order chi connectivity index (χ1) is 7.70. The van der Waals surface area contributed by atoms with Gasteiger partial charge in [0, 0.05) is 11.6 Å². The van der Waals surface area contributed by atoms with Crippen molar-refractivity contribution in [3.63, 3.8) is 0 Å². The van der Waals surface area contributed by atoms with Crippen LogP contribution in [0.25, 0.3) is 10.2 Å². The molecule has 0 aliphatic rings. The number of benzene rings is 1. The molecule has 0 fully saturated rings. The highest BCUT2D eigenvalue weighted by molar-refractivity contribution is 7.18. The zero-order chi connectivity index (χ0) is 11.5. The Morgan fingerprint density at radius 1 is 1.44 bits per heavy atom. The van der Waals surface area contributed by atoms with Crippen molar-refractivity contribution < 1.29 is 4.74 Å². The molecule has 1 heterocycles. The number of rotatable bonds is 4. The van der Waals surface area contributed by atoms with Crippen LogP contribution in [0, 0.1) is 6.92 Å². The molecule has 2 aromatic rings. The van der Waals surface area contributed by atoms with Crippen LogP contribution < -0.4 is 0 Å². The van der Waals surface area contributed by atoms with Crippen LogP contribution in [0.5, 0.6) is 0 Å². The number of nitrogens with zero attached hydrogens (tertiary/aromatic N) is 1. The van der Waals surface area contributed by atoms with E-state index in [0.717, 1.165) is 39.9 Å². The van der Waals surface area contributed by atoms with Crippen molar-refractivity contribution in [3.05, 3.63) is 27.7 Å². The third-order valence-electron chi connectivity index (χ3n) is 2.37. The van der Waals surface area contributed by atoms with E-state index in [1.54, 1.807) is 11.3 Å². The fourth-order valence-electron chi connectivity index (χ4n) is 1.69. The summed E-state index contributed by atoms with van der Waals surface area (Å²) in [6.45, 7) is 5.49. The van der Waals surface area contributed by atoms with Crippen molar-refractivity contribution in [2.45, 2.75) is 20.3 Å². The second-order valence-electron chi connectivity index (χ2n) is 3.59. The molecule has 2 nitrogen and oxygen atoms in total. The molecule has 0 saturated carbocycles. The number of aryl methyl sites for hydroxylation is 1. The first-order valence-electron chi connectivity index (χ1n) is 5.34. The second-order valence-corrected chi connectivity index (χ2v) is 5.26. The monoisotopic (exact) mass is 255 g/mol. The van der Waals surface area contributed by atoms with Gasteiger partial charge in [-0.05, 0) is 38.0 Å². The molecule has 0 radical (unpaired) electrons. The van der Waals surface area contributed by atoms with Gasteiger partial charge < -0.3 is 4.74 Å². The molecule has 1 aromatic carbocycles. The molecule has 0 aliphatic carbocycles. The lowest BCUT2D eigenvalue weighted by atomic mass is 10.1. The summed E-state index contributed by atoms with van der Waals surface area (Å²) >= 11 is 7.77. The van der Waals surface area contributed by atoms with E-state index in [1.165, 1.54) is 5.56 Å². The molecule has 2 rings (SSSR count). The van der Waals surface area contributed by atoms with E-state index >= 15 is 0 Å². The summed E-state index contributed by atoms with van der Waals surface area (Å²) < 4.78 is 6.53. The lowest BCUT2D eigenvalue weighted by molar-refractivity contribution is 0.151. The average Bonchev–Trinajstić information content (AvgIpc) is 2.58. The van der Waals surface area contributed by atoms with Gasteiger partial charge in [-0.1, -0.05) is 11.6 Å². The lowest BCUT2D eigenvalue weighted by Crippen LogP contribution is -1.98. The van der Waals surface area contributed by atoms with E-state index in [2.05, 4.69) is 4.98 Å². The maximum Gasteiger partial charge on any atom is 0.0907 e. The van der Waals surface area contributed by atoms with Gasteiger partial charge in [-0.3, -0.25) is 0 Å². The highest BCUT2D eigenvalue weighted by Gasteiger charge is 2.07. The zero-order valence-electron chi connectivity index (χ0n) is 9.42. The summed E-state index contributed by atoms with van der Waals surface area (Å²) in [5.41, 5.74) is 2.26. The summed E-state index contributed by atoms with van der Waals surface area (Å²) in [7, 11) is 0. The minimum atomic E-state index is 0.725. The Morgan fingerprint density at radius 3 is 3.00 bits per heavy atom. The van der Waals surface area contributed by atoms with Gasteiger partial charge in [0.2, 0.25) is 0 Å². The highest BCUT2D eigenvalue weighted by atomic mass is 35.5. The summed E-state index contributed by atoms with van der Waals surface area (Å²) in [6.07, 6.45) is 0.869. The number of ether oxygens (including phenoxy) is 1. The number of hydrogen-bond acceptors (Lipinski definition) is 3. The van der Waals surface area contributed by atoms with Crippen LogP contribution in [-0.4, -0.2) is 18.2 Å². The third kappa shape index (κ3) is 2.54. The van der Waals surface area contributed by atoms with E-state index in [1.807, 2.05) is 26.0 Å². The lowest BCUT2D eigenvalue weighted by Gasteiger charge is -2.03. The smallest absolute Gasteiger partial charge is 0.0907 e. The molecule has 0 spiro atoms. The maximum absolute atomic E-state index is 6.08. The molecular formula is C12H14ClNOS. The van der Waals surface area contributed by atoms with Crippen molar-refractivity contribution in [2.24, 2.45) is 0 Å². The Kier molecular flexibility index (Phi) is 3.79. The molecule has 0 atom stereocenters. The molecule has 0 N–H and O–H groups in total. The number of aromatic nitrogens is 1. The Bertz CT molecular complexity index is 495. The average molecular weight is 256 g/mol. The fraction of sp³-hybridized carbons (Fsp3) is 0.417. The third-order valence-corrected chi connectivity index (χ3v) is 3.50. The molecule has 4 heteroatoms. The molecule has 16 heavy (non-hydrogen) atoms. The molecule has 0 aliphatic heterocycles. The van der Waals surface area contributed by atoms with Gasteiger partial charge in [0.15, 0.2) is 0 Å². The van der Waals surface area contributed by atoms with E-state index < -0.39 is 0 Å². The van der Waals surface area contributed by atoms with Crippen LogP contribution in [-0.2, 0) is 11.2 Å². The first kappa shape index (κ1) is 11.8. The van der Waals surface area contributed by atoms with Gasteiger partial charge in [-0.25, -0.2) is 4.98 Å². The van der Waals surface area contributed by atoms with Crippen LogP contribution >= 0.6 is 22.9 Å².